The number of fused-ring (bicyclic) bond motifs is 20. The second kappa shape index (κ2) is 13.5. The highest BCUT2D eigenvalue weighted by Gasteiger charge is 2.64. The van der Waals surface area contributed by atoms with Gasteiger partial charge in [0.1, 0.15) is 15.7 Å². The SMILES string of the molecule is NS(=O)(=O)C1C2C3NC4NC(NC5NC(NC6NC(NC(N3)C2CC(S(=O)(=O)O)C1S(N)(=O)=O)C1CCCCC61)C1CCCCC51)C1CCCCC41. The monoisotopic (exact) mass is 790 g/mol. The van der Waals surface area contributed by atoms with E-state index in [1.807, 2.05) is 0 Å². The van der Waals surface area contributed by atoms with E-state index in [2.05, 4.69) is 42.5 Å². The molecule has 19 unspecified atom stereocenters. The van der Waals surface area contributed by atoms with E-state index in [0.717, 1.165) is 51.4 Å². The highest BCUT2D eigenvalue weighted by molar-refractivity contribution is 7.95. The molecular formula is C32H58N10O7S3. The fraction of sp³-hybridized carbons (Fsp3) is 1.00. The molecule has 5 saturated heterocycles. The summed E-state index contributed by atoms with van der Waals surface area (Å²) in [6.45, 7) is 0. The lowest BCUT2D eigenvalue weighted by atomic mass is 9.76. The number of sulfonamides is 2. The van der Waals surface area contributed by atoms with Crippen molar-refractivity contribution in [3.63, 3.8) is 0 Å². The van der Waals surface area contributed by atoms with Crippen LogP contribution in [0.4, 0.5) is 0 Å². The van der Waals surface area contributed by atoms with E-state index in [1.54, 1.807) is 0 Å². The zero-order valence-corrected chi connectivity index (χ0v) is 31.9. The lowest BCUT2D eigenvalue weighted by molar-refractivity contribution is 0.168. The van der Waals surface area contributed by atoms with Gasteiger partial charge in [0.15, 0.2) is 0 Å². The molecule has 4 saturated carbocycles. The quantitative estimate of drug-likeness (QED) is 0.138. The predicted molar refractivity (Wildman–Crippen MR) is 192 cm³/mol. The van der Waals surface area contributed by atoms with Crippen molar-refractivity contribution < 1.29 is 29.8 Å². The minimum absolute atomic E-state index is 0.00107. The van der Waals surface area contributed by atoms with E-state index < -0.39 is 70.1 Å². The van der Waals surface area contributed by atoms with Crippen LogP contribution < -0.4 is 52.8 Å². The molecule has 19 atom stereocenters. The molecule has 0 spiro atoms. The number of primary sulfonamides is 2. The van der Waals surface area contributed by atoms with Crippen LogP contribution in [-0.4, -0.2) is 94.9 Å². The number of rotatable bonds is 3. The standard InChI is InChI=1S/C32H58N10O7S3/c33-50(43,44)23-21(52(47,48)49)13-20-22(24(23)51(34,45)46)32-41-30-19-12-6-5-11-18(19)28(39-30)37-26-15-8-2-1-7-14(15)25(35-26)36-27-16-9-3-4-10-17(16)29(38-27)40-31(20)42-32/h14-32,35-42H,1-13H2,(H2,33,43,44)(H2,34,45,46)(H,47,48,49). The van der Waals surface area contributed by atoms with Crippen LogP contribution in [0.3, 0.4) is 0 Å². The molecule has 0 aromatic rings. The lowest BCUT2D eigenvalue weighted by Crippen LogP contribution is -2.65. The van der Waals surface area contributed by atoms with Gasteiger partial charge in [-0.1, -0.05) is 38.5 Å². The van der Waals surface area contributed by atoms with Gasteiger partial charge < -0.3 is 0 Å². The Labute approximate surface area is 307 Å². The average Bonchev–Trinajstić information content (AvgIpc) is 3.82. The largest absolute Gasteiger partial charge is 0.286 e. The maximum absolute atomic E-state index is 13.6. The van der Waals surface area contributed by atoms with Crippen LogP contribution >= 0.6 is 0 Å². The van der Waals surface area contributed by atoms with Gasteiger partial charge in [0.25, 0.3) is 10.1 Å². The van der Waals surface area contributed by atoms with Gasteiger partial charge in [-0.3, -0.25) is 47.1 Å². The zero-order chi connectivity index (χ0) is 36.3. The molecule has 17 nitrogen and oxygen atoms in total. The molecule has 8 bridgehead atoms. The molecular weight excluding hydrogens is 733 g/mol. The molecule has 4 aliphatic carbocycles. The van der Waals surface area contributed by atoms with Gasteiger partial charge in [0.05, 0.1) is 49.3 Å². The van der Waals surface area contributed by atoms with Crippen molar-refractivity contribution in [1.29, 1.82) is 0 Å². The zero-order valence-electron chi connectivity index (χ0n) is 29.4. The summed E-state index contributed by atoms with van der Waals surface area (Å²) in [6.07, 6.45) is 11.5. The molecule has 20 heteroatoms. The molecule has 0 aromatic heterocycles. The Bertz CT molecular complexity index is 1710. The highest BCUT2D eigenvalue weighted by Crippen LogP contribution is 2.48. The number of hydrogen-bond donors (Lipinski definition) is 11. The maximum atomic E-state index is 13.6. The molecule has 0 radical (unpaired) electrons. The number of nitrogens with one attached hydrogen (secondary N) is 8. The van der Waals surface area contributed by atoms with E-state index in [4.69, 9.17) is 10.3 Å². The first-order valence-electron chi connectivity index (χ1n) is 19.7. The summed E-state index contributed by atoms with van der Waals surface area (Å²) in [5, 5.41) is 36.4. The Morgan fingerprint density at radius 3 is 0.942 bits per heavy atom. The van der Waals surface area contributed by atoms with Crippen molar-refractivity contribution in [2.24, 2.45) is 57.6 Å². The third-order valence-corrected chi connectivity index (χ3v) is 19.4. The molecule has 5 aliphatic heterocycles. The summed E-state index contributed by atoms with van der Waals surface area (Å²) in [7, 11) is -14.6. The van der Waals surface area contributed by atoms with Crippen LogP contribution in [-0.2, 0) is 30.2 Å². The molecule has 0 aromatic carbocycles. The van der Waals surface area contributed by atoms with Gasteiger partial charge in [-0.2, -0.15) is 8.42 Å². The van der Waals surface area contributed by atoms with Gasteiger partial charge in [-0.15, -0.1) is 0 Å². The van der Waals surface area contributed by atoms with Crippen molar-refractivity contribution in [3.8, 4) is 0 Å². The maximum Gasteiger partial charge on any atom is 0.269 e. The topological polar surface area (TPSA) is 271 Å². The van der Waals surface area contributed by atoms with Crippen molar-refractivity contribution in [2.45, 2.75) is 149 Å². The van der Waals surface area contributed by atoms with E-state index in [0.29, 0.717) is 23.7 Å². The van der Waals surface area contributed by atoms with Crippen molar-refractivity contribution in [3.05, 3.63) is 0 Å². The molecule has 9 rings (SSSR count). The molecule has 9 aliphatic rings. The molecule has 0 amide bonds. The van der Waals surface area contributed by atoms with E-state index in [9.17, 15) is 29.8 Å². The minimum Gasteiger partial charge on any atom is -0.286 e. The predicted octanol–water partition coefficient (Wildman–Crippen LogP) is -1.99. The first-order valence-corrected chi connectivity index (χ1v) is 24.5. The normalized spacial score (nSPS) is 52.3. The van der Waals surface area contributed by atoms with Gasteiger partial charge in [0, 0.05) is 5.92 Å². The Kier molecular flexibility index (Phi) is 9.62. The van der Waals surface area contributed by atoms with E-state index in [-0.39, 0.29) is 55.3 Å². The van der Waals surface area contributed by atoms with Crippen LogP contribution in [0.1, 0.15) is 83.5 Å². The Morgan fingerprint density at radius 2 is 0.673 bits per heavy atom. The molecule has 13 N–H and O–H groups in total. The van der Waals surface area contributed by atoms with Crippen LogP contribution in [0.15, 0.2) is 0 Å². The fourth-order valence-electron chi connectivity index (χ4n) is 13.1. The van der Waals surface area contributed by atoms with E-state index >= 15 is 0 Å². The summed E-state index contributed by atoms with van der Waals surface area (Å²) in [6, 6.07) is 0. The van der Waals surface area contributed by atoms with Crippen LogP contribution in [0.5, 0.6) is 0 Å². The Balaban J connectivity index is 1.13. The third-order valence-electron chi connectivity index (χ3n) is 15.1. The summed E-state index contributed by atoms with van der Waals surface area (Å²) < 4.78 is 89.8. The summed E-state index contributed by atoms with van der Waals surface area (Å²) in [5.41, 5.74) is 0. The Morgan fingerprint density at radius 1 is 0.404 bits per heavy atom. The van der Waals surface area contributed by atoms with Gasteiger partial charge in [-0.05, 0) is 86.4 Å². The second-order valence-corrected chi connectivity index (χ2v) is 22.7. The molecule has 52 heavy (non-hydrogen) atoms. The number of nitrogens with two attached hydrogens (primary N) is 2. The first kappa shape index (κ1) is 37.0. The summed E-state index contributed by atoms with van der Waals surface area (Å²) in [5.74, 6) is 0.473. The molecule has 296 valence electrons. The van der Waals surface area contributed by atoms with Gasteiger partial charge in [-0.25, -0.2) is 27.1 Å². The van der Waals surface area contributed by atoms with Gasteiger partial charge in [0.2, 0.25) is 20.0 Å². The fourth-order valence-corrected chi connectivity index (χ4v) is 18.4. The molecule has 9 fully saturated rings. The Hall–Kier alpha value is -0.590. The van der Waals surface area contributed by atoms with Crippen LogP contribution in [0, 0.1) is 47.3 Å². The van der Waals surface area contributed by atoms with Crippen molar-refractivity contribution in [2.75, 3.05) is 0 Å². The molecule has 5 heterocycles. The van der Waals surface area contributed by atoms with Crippen molar-refractivity contribution in [1.82, 2.24) is 42.5 Å². The van der Waals surface area contributed by atoms with Crippen LogP contribution in [0.2, 0.25) is 0 Å². The van der Waals surface area contributed by atoms with Gasteiger partial charge >= 0.3 is 0 Å². The lowest BCUT2D eigenvalue weighted by Gasteiger charge is -2.44. The third kappa shape index (κ3) is 6.41. The first-order chi connectivity index (χ1) is 24.7. The van der Waals surface area contributed by atoms with Crippen molar-refractivity contribution >= 4 is 30.2 Å². The smallest absolute Gasteiger partial charge is 0.269 e. The summed E-state index contributed by atoms with van der Waals surface area (Å²) in [4.78, 5) is 0. The minimum atomic E-state index is -5.06. The number of hydrogen-bond acceptors (Lipinski definition) is 14. The average molecular weight is 791 g/mol. The van der Waals surface area contributed by atoms with Crippen LogP contribution in [0.25, 0.3) is 0 Å². The highest BCUT2D eigenvalue weighted by atomic mass is 32.2. The summed E-state index contributed by atoms with van der Waals surface area (Å²) >= 11 is 0. The second-order valence-electron chi connectivity index (χ2n) is 17.6. The van der Waals surface area contributed by atoms with E-state index in [1.165, 1.54) is 25.7 Å².